The van der Waals surface area contributed by atoms with Crippen LogP contribution in [0.25, 0.3) is 21.4 Å². The van der Waals surface area contributed by atoms with Crippen molar-refractivity contribution in [1.82, 2.24) is 15.1 Å². The van der Waals surface area contributed by atoms with E-state index in [2.05, 4.69) is 28.5 Å². The summed E-state index contributed by atoms with van der Waals surface area (Å²) in [6, 6.07) is 19.5. The largest absolute Gasteiger partial charge is 0.493 e. The quantitative estimate of drug-likeness (QED) is 0.0209. The number of benzene rings is 3. The Labute approximate surface area is 465 Å². The number of rotatable bonds is 31. The highest BCUT2D eigenvalue weighted by atomic mass is 32.2. The molecule has 1 unspecified atom stereocenters. The first-order chi connectivity index (χ1) is 37.6. The number of nitrogens with one attached hydrogen (secondary N) is 1. The molecule has 0 saturated carbocycles. The SMILES string of the molecule is [C-]#[N+]c1ccc(Oc2ccc(/C=C3\SC(=O)N(CCOCCOCCCCOCCCCOCCOCC(=O)O[C@H](C(=O)N4C[C@H](O)CC4C(=O)NCc4ccc(-c5sccc5C)cc4)C(C)(C)C)C3=O)cc2OC)c(C)c1. The molecule has 6 rings (SSSR count). The van der Waals surface area contributed by atoms with E-state index in [1.54, 1.807) is 74.6 Å². The maximum atomic E-state index is 13.9. The van der Waals surface area contributed by atoms with Gasteiger partial charge in [-0.1, -0.05) is 57.2 Å². The second-order valence-corrected chi connectivity index (χ2v) is 21.7. The summed E-state index contributed by atoms with van der Waals surface area (Å²) in [7, 11) is 1.52. The van der Waals surface area contributed by atoms with E-state index in [0.29, 0.717) is 73.0 Å². The molecule has 2 saturated heterocycles. The molecule has 0 bridgehead atoms. The fourth-order valence-corrected chi connectivity index (χ4v) is 10.2. The molecule has 2 aliphatic heterocycles. The number of methoxy groups -OCH3 is 1. The molecule has 4 aromatic rings. The number of unbranched alkanes of at least 4 members (excludes halogenated alkanes) is 2. The number of esters is 1. The molecule has 3 atom stereocenters. The Balaban J connectivity index is 0.745. The Bertz CT molecular complexity index is 2720. The minimum absolute atomic E-state index is 0.0518. The van der Waals surface area contributed by atoms with Crippen LogP contribution in [0.4, 0.5) is 10.5 Å². The number of thioether (sulfide) groups is 1. The molecule has 0 spiro atoms. The van der Waals surface area contributed by atoms with Gasteiger partial charge < -0.3 is 53.2 Å². The van der Waals surface area contributed by atoms with Crippen LogP contribution in [0.1, 0.15) is 75.1 Å². The first kappa shape index (κ1) is 61.1. The van der Waals surface area contributed by atoms with Crippen molar-refractivity contribution in [3.63, 3.8) is 0 Å². The fraction of sp³-hybridized carbons (Fsp3) is 0.483. The third-order valence-electron chi connectivity index (χ3n) is 12.6. The predicted octanol–water partition coefficient (Wildman–Crippen LogP) is 9.30. The van der Waals surface area contributed by atoms with Gasteiger partial charge in [-0.3, -0.25) is 24.1 Å². The number of β-amino-alcohol motifs (C(OH)–C–C–N with tert-alkyl or cyclic N) is 1. The second kappa shape index (κ2) is 30.9. The maximum absolute atomic E-state index is 13.9. The minimum atomic E-state index is -1.21. The van der Waals surface area contributed by atoms with Crippen molar-refractivity contribution >= 4 is 63.8 Å². The highest BCUT2D eigenvalue weighted by molar-refractivity contribution is 8.18. The number of amides is 4. The Hall–Kier alpha value is -6.15. The molecule has 2 fully saturated rings. The maximum Gasteiger partial charge on any atom is 0.332 e. The molecule has 78 heavy (non-hydrogen) atoms. The molecular formula is C58H72N4O14S2. The monoisotopic (exact) mass is 1110 g/mol. The molecule has 1 aromatic heterocycles. The molecule has 2 N–H and O–H groups in total. The zero-order valence-corrected chi connectivity index (χ0v) is 47.0. The summed E-state index contributed by atoms with van der Waals surface area (Å²) in [5.41, 5.74) is 4.39. The van der Waals surface area contributed by atoms with Crippen molar-refractivity contribution in [3.8, 4) is 27.7 Å². The lowest BCUT2D eigenvalue weighted by Crippen LogP contribution is -2.53. The number of hydrogen-bond donors (Lipinski definition) is 2. The van der Waals surface area contributed by atoms with E-state index in [1.165, 1.54) is 27.4 Å². The lowest BCUT2D eigenvalue weighted by atomic mass is 9.88. The number of carbonyl (C=O) groups excluding carboxylic acids is 5. The topological polar surface area (TPSA) is 202 Å². The summed E-state index contributed by atoms with van der Waals surface area (Å²) in [6.45, 7) is 20.0. The van der Waals surface area contributed by atoms with E-state index in [-0.39, 0.29) is 57.7 Å². The number of thiophene rings is 1. The van der Waals surface area contributed by atoms with Crippen LogP contribution >= 0.6 is 23.1 Å². The van der Waals surface area contributed by atoms with Gasteiger partial charge in [0.1, 0.15) is 18.4 Å². The Morgan fingerprint density at radius 2 is 1.45 bits per heavy atom. The fourth-order valence-electron chi connectivity index (χ4n) is 8.38. The van der Waals surface area contributed by atoms with Crippen LogP contribution in [-0.4, -0.2) is 148 Å². The number of nitrogens with zero attached hydrogens (tertiary/aromatic N) is 3. The summed E-state index contributed by atoms with van der Waals surface area (Å²) in [4.78, 5) is 73.3. The van der Waals surface area contributed by atoms with Crippen molar-refractivity contribution < 1.29 is 67.0 Å². The number of ether oxygens (including phenoxy) is 8. The molecule has 20 heteroatoms. The molecular weight excluding hydrogens is 1040 g/mol. The lowest BCUT2D eigenvalue weighted by molar-refractivity contribution is -0.172. The molecule has 420 valence electrons. The Kier molecular flexibility index (Phi) is 24.2. The van der Waals surface area contributed by atoms with Crippen LogP contribution in [-0.2, 0) is 54.1 Å². The van der Waals surface area contributed by atoms with E-state index in [1.807, 2.05) is 31.2 Å². The molecule has 18 nitrogen and oxygen atoms in total. The van der Waals surface area contributed by atoms with Crippen molar-refractivity contribution in [2.45, 2.75) is 91.5 Å². The smallest absolute Gasteiger partial charge is 0.332 e. The molecule has 3 heterocycles. The van der Waals surface area contributed by atoms with Crippen LogP contribution in [0.5, 0.6) is 17.2 Å². The molecule has 2 aliphatic rings. The summed E-state index contributed by atoms with van der Waals surface area (Å²) >= 11 is 2.55. The van der Waals surface area contributed by atoms with E-state index in [9.17, 15) is 29.1 Å². The van der Waals surface area contributed by atoms with Gasteiger partial charge in [0.15, 0.2) is 23.3 Å². The van der Waals surface area contributed by atoms with Crippen molar-refractivity contribution in [3.05, 3.63) is 111 Å². The Morgan fingerprint density at radius 3 is 2.06 bits per heavy atom. The summed E-state index contributed by atoms with van der Waals surface area (Å²) < 4.78 is 45.4. The van der Waals surface area contributed by atoms with E-state index in [4.69, 9.17) is 44.5 Å². The standard InChI is InChI=1S/C58H72N4O14S2/c1-39-20-31-77-52(39)43-15-12-41(13-16-43)36-60-54(65)46-35-45(63)37-62(46)56(67)53(58(3,4)5)76-51(64)38-74-30-29-72-25-11-9-23-70-22-8-10-24-71-27-28-73-26-21-61-55(66)50(78-57(61)68)34-42-14-18-48(49(33-42)69-7)75-47-19-17-44(59-6)32-40(47)2/h12-20,31-34,45-46,53,63H,8-11,21-30,35-38H2,1-5,7H3,(H,60,65)/b50-34-/t45-,46?,53-/m1/s1. The first-order valence-corrected chi connectivity index (χ1v) is 27.8. The van der Waals surface area contributed by atoms with Crippen LogP contribution in [0.2, 0.25) is 0 Å². The number of aliphatic hydroxyl groups is 1. The first-order valence-electron chi connectivity index (χ1n) is 26.1. The van der Waals surface area contributed by atoms with Gasteiger partial charge in [0.05, 0.1) is 64.3 Å². The third kappa shape index (κ3) is 18.5. The summed E-state index contributed by atoms with van der Waals surface area (Å²) in [5.74, 6) is -0.546. The molecule has 4 amide bonds. The zero-order valence-electron chi connectivity index (χ0n) is 45.4. The van der Waals surface area contributed by atoms with Crippen LogP contribution in [0.15, 0.2) is 77.0 Å². The summed E-state index contributed by atoms with van der Waals surface area (Å²) in [6.07, 6.45) is 2.88. The van der Waals surface area contributed by atoms with Gasteiger partial charge in [-0.25, -0.2) is 9.64 Å². The predicted molar refractivity (Wildman–Crippen MR) is 298 cm³/mol. The number of aryl methyl sites for hydroxylation is 2. The van der Waals surface area contributed by atoms with Crippen LogP contribution in [0.3, 0.4) is 0 Å². The number of hydrogen-bond acceptors (Lipinski definition) is 16. The van der Waals surface area contributed by atoms with Crippen LogP contribution in [0, 0.1) is 25.8 Å². The van der Waals surface area contributed by atoms with Gasteiger partial charge in [-0.2, -0.15) is 0 Å². The number of imide groups is 1. The normalized spacial score (nSPS) is 16.4. The van der Waals surface area contributed by atoms with Crippen molar-refractivity contribution in [2.24, 2.45) is 5.41 Å². The molecule has 0 radical (unpaired) electrons. The van der Waals surface area contributed by atoms with Crippen molar-refractivity contribution in [1.29, 1.82) is 0 Å². The number of likely N-dealkylation sites (tertiary alicyclic amines) is 1. The number of aliphatic hydroxyl groups excluding tert-OH is 1. The average molecular weight is 1110 g/mol. The zero-order chi connectivity index (χ0) is 56.0. The minimum Gasteiger partial charge on any atom is -0.493 e. The van der Waals surface area contributed by atoms with Gasteiger partial charge in [0, 0.05) is 56.2 Å². The third-order valence-corrected chi connectivity index (χ3v) is 14.6. The van der Waals surface area contributed by atoms with Gasteiger partial charge in [0.2, 0.25) is 5.91 Å². The molecule has 0 aliphatic carbocycles. The van der Waals surface area contributed by atoms with Crippen molar-refractivity contribution in [2.75, 3.05) is 86.3 Å². The Morgan fingerprint density at radius 1 is 0.808 bits per heavy atom. The second-order valence-electron chi connectivity index (χ2n) is 19.8. The number of carbonyl (C=O) groups is 5. The highest BCUT2D eigenvalue weighted by Crippen LogP contribution is 2.38. The van der Waals surface area contributed by atoms with Crippen LogP contribution < -0.4 is 14.8 Å². The van der Waals surface area contributed by atoms with Gasteiger partial charge >= 0.3 is 5.97 Å². The average Bonchev–Trinajstić information content (AvgIpc) is 4.13. The van der Waals surface area contributed by atoms with E-state index in [0.717, 1.165) is 54.1 Å². The lowest BCUT2D eigenvalue weighted by Gasteiger charge is -2.34. The van der Waals surface area contributed by atoms with E-state index < -0.39 is 47.4 Å². The molecule has 3 aromatic carbocycles. The summed E-state index contributed by atoms with van der Waals surface area (Å²) in [5, 5.41) is 15.1. The van der Waals surface area contributed by atoms with E-state index >= 15 is 0 Å². The van der Waals surface area contributed by atoms with Gasteiger partial charge in [-0.15, -0.1) is 11.3 Å². The highest BCUT2D eigenvalue weighted by Gasteiger charge is 2.45. The van der Waals surface area contributed by atoms with Gasteiger partial charge in [-0.05, 0) is 121 Å². The van der Waals surface area contributed by atoms with Gasteiger partial charge in [0.25, 0.3) is 17.1 Å².